The van der Waals surface area contributed by atoms with Crippen LogP contribution in [0.5, 0.6) is 0 Å². The first-order valence-electron chi connectivity index (χ1n) is 6.78. The third kappa shape index (κ3) is 3.86. The van der Waals surface area contributed by atoms with Crippen molar-refractivity contribution in [2.24, 2.45) is 5.73 Å². The molecule has 1 aliphatic heterocycles. The SMILES string of the molecule is CN(CC(=O)N1CCNCC1)c1ccc(Cl)cc1C(N)=O. The molecule has 0 atom stereocenters. The number of rotatable bonds is 4. The number of halogens is 1. The maximum Gasteiger partial charge on any atom is 0.250 e. The number of piperazine rings is 1. The average molecular weight is 311 g/mol. The standard InChI is InChI=1S/C14H19ClN4O2/c1-18(9-13(20)19-6-4-17-5-7-19)12-3-2-10(15)8-11(12)14(16)21/h2-3,8,17H,4-7,9H2,1H3,(H2,16,21). The second-order valence-corrected chi connectivity index (χ2v) is 5.45. The van der Waals surface area contributed by atoms with Crippen LogP contribution in [-0.4, -0.2) is 56.5 Å². The number of carbonyl (C=O) groups is 2. The van der Waals surface area contributed by atoms with E-state index in [2.05, 4.69) is 5.32 Å². The summed E-state index contributed by atoms with van der Waals surface area (Å²) in [6.07, 6.45) is 0. The summed E-state index contributed by atoms with van der Waals surface area (Å²) >= 11 is 5.88. The first-order chi connectivity index (χ1) is 9.99. The van der Waals surface area contributed by atoms with Gasteiger partial charge in [-0.05, 0) is 18.2 Å². The minimum atomic E-state index is -0.561. The van der Waals surface area contributed by atoms with E-state index < -0.39 is 5.91 Å². The Labute approximate surface area is 128 Å². The van der Waals surface area contributed by atoms with E-state index in [-0.39, 0.29) is 12.5 Å². The summed E-state index contributed by atoms with van der Waals surface area (Å²) in [6.45, 7) is 3.22. The highest BCUT2D eigenvalue weighted by Crippen LogP contribution is 2.23. The van der Waals surface area contributed by atoms with Gasteiger partial charge in [0.05, 0.1) is 12.1 Å². The number of nitrogens with two attached hydrogens (primary N) is 1. The monoisotopic (exact) mass is 310 g/mol. The maximum absolute atomic E-state index is 12.2. The van der Waals surface area contributed by atoms with E-state index in [4.69, 9.17) is 17.3 Å². The normalized spacial score (nSPS) is 14.9. The van der Waals surface area contributed by atoms with Crippen molar-refractivity contribution in [1.82, 2.24) is 10.2 Å². The van der Waals surface area contributed by atoms with Gasteiger partial charge < -0.3 is 20.9 Å². The molecule has 6 nitrogen and oxygen atoms in total. The van der Waals surface area contributed by atoms with Crippen LogP contribution in [0.25, 0.3) is 0 Å². The quantitative estimate of drug-likeness (QED) is 0.839. The molecule has 0 aromatic heterocycles. The van der Waals surface area contributed by atoms with Gasteiger partial charge in [-0.3, -0.25) is 9.59 Å². The zero-order valence-electron chi connectivity index (χ0n) is 11.9. The molecule has 2 amide bonds. The maximum atomic E-state index is 12.2. The molecule has 0 aliphatic carbocycles. The van der Waals surface area contributed by atoms with E-state index >= 15 is 0 Å². The average Bonchev–Trinajstić information content (AvgIpc) is 2.47. The predicted molar refractivity (Wildman–Crippen MR) is 82.7 cm³/mol. The van der Waals surface area contributed by atoms with Crippen LogP contribution in [0.15, 0.2) is 18.2 Å². The van der Waals surface area contributed by atoms with Crippen LogP contribution in [0.3, 0.4) is 0 Å². The van der Waals surface area contributed by atoms with Gasteiger partial charge in [0, 0.05) is 43.9 Å². The van der Waals surface area contributed by atoms with Gasteiger partial charge in [-0.2, -0.15) is 0 Å². The minimum Gasteiger partial charge on any atom is -0.366 e. The van der Waals surface area contributed by atoms with Gasteiger partial charge in [-0.15, -0.1) is 0 Å². The van der Waals surface area contributed by atoms with Gasteiger partial charge in [0.15, 0.2) is 0 Å². The molecule has 0 unspecified atom stereocenters. The van der Waals surface area contributed by atoms with E-state index in [1.54, 1.807) is 24.1 Å². The highest BCUT2D eigenvalue weighted by Gasteiger charge is 2.20. The highest BCUT2D eigenvalue weighted by molar-refractivity contribution is 6.31. The minimum absolute atomic E-state index is 0.0318. The molecule has 7 heteroatoms. The highest BCUT2D eigenvalue weighted by atomic mass is 35.5. The molecular formula is C14H19ClN4O2. The first-order valence-corrected chi connectivity index (χ1v) is 7.16. The molecule has 114 valence electrons. The molecule has 1 heterocycles. The lowest BCUT2D eigenvalue weighted by molar-refractivity contribution is -0.130. The van der Waals surface area contributed by atoms with E-state index in [0.717, 1.165) is 13.1 Å². The molecule has 1 fully saturated rings. The number of nitrogens with one attached hydrogen (secondary N) is 1. The first kappa shape index (κ1) is 15.6. The Hall–Kier alpha value is -1.79. The summed E-state index contributed by atoms with van der Waals surface area (Å²) in [4.78, 5) is 27.3. The lowest BCUT2D eigenvalue weighted by Gasteiger charge is -2.30. The number of likely N-dealkylation sites (N-methyl/N-ethyl adjacent to an activating group) is 1. The molecular weight excluding hydrogens is 292 g/mol. The van der Waals surface area contributed by atoms with Gasteiger partial charge in [-0.25, -0.2) is 0 Å². The number of primary amides is 1. The van der Waals surface area contributed by atoms with E-state index in [1.165, 1.54) is 6.07 Å². The van der Waals surface area contributed by atoms with E-state index in [0.29, 0.717) is 29.4 Å². The lowest BCUT2D eigenvalue weighted by Crippen LogP contribution is -2.49. The van der Waals surface area contributed by atoms with Crippen molar-refractivity contribution >= 4 is 29.1 Å². The van der Waals surface area contributed by atoms with E-state index in [1.807, 2.05) is 4.90 Å². The van der Waals surface area contributed by atoms with Gasteiger partial charge in [0.1, 0.15) is 0 Å². The number of anilines is 1. The van der Waals surface area contributed by atoms with Crippen molar-refractivity contribution in [1.29, 1.82) is 0 Å². The smallest absolute Gasteiger partial charge is 0.250 e. The zero-order valence-corrected chi connectivity index (χ0v) is 12.7. The molecule has 0 bridgehead atoms. The molecule has 0 saturated carbocycles. The summed E-state index contributed by atoms with van der Waals surface area (Å²) in [5.41, 5.74) is 6.29. The van der Waals surface area contributed by atoms with Gasteiger partial charge in [0.25, 0.3) is 5.91 Å². The fraction of sp³-hybridized carbons (Fsp3) is 0.429. The lowest BCUT2D eigenvalue weighted by atomic mass is 10.1. The number of hydrogen-bond donors (Lipinski definition) is 2. The number of nitrogens with zero attached hydrogens (tertiary/aromatic N) is 2. The zero-order chi connectivity index (χ0) is 15.4. The van der Waals surface area contributed by atoms with Crippen molar-refractivity contribution in [3.63, 3.8) is 0 Å². The second-order valence-electron chi connectivity index (χ2n) is 5.01. The molecule has 2 rings (SSSR count). The topological polar surface area (TPSA) is 78.7 Å². The van der Waals surface area contributed by atoms with Crippen molar-refractivity contribution in [2.45, 2.75) is 0 Å². The van der Waals surface area contributed by atoms with Crippen LogP contribution < -0.4 is 16.0 Å². The molecule has 1 aliphatic rings. The molecule has 0 spiro atoms. The third-order valence-electron chi connectivity index (χ3n) is 3.48. The van der Waals surface area contributed by atoms with E-state index in [9.17, 15) is 9.59 Å². The summed E-state index contributed by atoms with van der Waals surface area (Å²) < 4.78 is 0. The van der Waals surface area contributed by atoms with Crippen LogP contribution in [0.1, 0.15) is 10.4 Å². The fourth-order valence-corrected chi connectivity index (χ4v) is 2.51. The Kier molecular flexibility index (Phi) is 5.03. The number of amides is 2. The fourth-order valence-electron chi connectivity index (χ4n) is 2.34. The Bertz CT molecular complexity index is 544. The Balaban J connectivity index is 2.11. The summed E-state index contributed by atoms with van der Waals surface area (Å²) in [6, 6.07) is 4.90. The molecule has 21 heavy (non-hydrogen) atoms. The number of hydrogen-bond acceptors (Lipinski definition) is 4. The third-order valence-corrected chi connectivity index (χ3v) is 3.71. The summed E-state index contributed by atoms with van der Waals surface area (Å²) in [7, 11) is 1.76. The van der Waals surface area contributed by atoms with Crippen molar-refractivity contribution in [2.75, 3.05) is 44.7 Å². The second kappa shape index (κ2) is 6.78. The summed E-state index contributed by atoms with van der Waals surface area (Å²) in [5.74, 6) is -0.529. The molecule has 0 radical (unpaired) electrons. The van der Waals surface area contributed by atoms with Crippen LogP contribution in [-0.2, 0) is 4.79 Å². The summed E-state index contributed by atoms with van der Waals surface area (Å²) in [5, 5.41) is 3.64. The van der Waals surface area contributed by atoms with Crippen LogP contribution in [0, 0.1) is 0 Å². The van der Waals surface area contributed by atoms with Crippen molar-refractivity contribution in [3.8, 4) is 0 Å². The Morgan fingerprint density at radius 1 is 1.38 bits per heavy atom. The van der Waals surface area contributed by atoms with Gasteiger partial charge in [0.2, 0.25) is 5.91 Å². The van der Waals surface area contributed by atoms with Crippen LogP contribution in [0.4, 0.5) is 5.69 Å². The van der Waals surface area contributed by atoms with Crippen molar-refractivity contribution < 1.29 is 9.59 Å². The number of benzene rings is 1. The largest absolute Gasteiger partial charge is 0.366 e. The predicted octanol–water partition coefficient (Wildman–Crippen LogP) is 0.307. The van der Waals surface area contributed by atoms with Gasteiger partial charge in [-0.1, -0.05) is 11.6 Å². The number of carbonyl (C=O) groups excluding carboxylic acids is 2. The van der Waals surface area contributed by atoms with Crippen molar-refractivity contribution in [3.05, 3.63) is 28.8 Å². The van der Waals surface area contributed by atoms with Gasteiger partial charge >= 0.3 is 0 Å². The molecule has 3 N–H and O–H groups in total. The molecule has 1 saturated heterocycles. The molecule has 1 aromatic rings. The Morgan fingerprint density at radius 3 is 2.67 bits per heavy atom. The molecule has 1 aromatic carbocycles. The van der Waals surface area contributed by atoms with Crippen LogP contribution >= 0.6 is 11.6 Å². The Morgan fingerprint density at radius 2 is 2.05 bits per heavy atom. The van der Waals surface area contributed by atoms with Crippen LogP contribution in [0.2, 0.25) is 5.02 Å².